The molecule has 0 spiro atoms. The van der Waals surface area contributed by atoms with Gasteiger partial charge in [-0.25, -0.2) is 32.1 Å². The summed E-state index contributed by atoms with van der Waals surface area (Å²) in [6.45, 7) is 4.07. The molecule has 2 saturated heterocycles. The first-order chi connectivity index (χ1) is 17.4. The van der Waals surface area contributed by atoms with E-state index in [1.54, 1.807) is 10.5 Å². The summed E-state index contributed by atoms with van der Waals surface area (Å²) in [5, 5.41) is 3.29. The lowest BCUT2D eigenvalue weighted by molar-refractivity contribution is 0.0694. The van der Waals surface area contributed by atoms with Gasteiger partial charge in [0.15, 0.2) is 5.82 Å². The molecule has 4 heterocycles. The fourth-order valence-corrected chi connectivity index (χ4v) is 6.55. The van der Waals surface area contributed by atoms with Gasteiger partial charge in [-0.05, 0) is 38.2 Å². The van der Waals surface area contributed by atoms with Gasteiger partial charge in [0.05, 0.1) is 23.8 Å². The fourth-order valence-electron chi connectivity index (χ4n) is 4.99. The summed E-state index contributed by atoms with van der Waals surface area (Å²) in [5.74, 6) is 0.634. The van der Waals surface area contributed by atoms with E-state index in [1.165, 1.54) is 6.20 Å². The number of ether oxygens (including phenoxy) is 1. The van der Waals surface area contributed by atoms with Crippen LogP contribution in [0.5, 0.6) is 0 Å². The van der Waals surface area contributed by atoms with Crippen molar-refractivity contribution in [2.24, 2.45) is 0 Å². The molecule has 11 heteroatoms. The monoisotopic (exact) mass is 514 g/mol. The molecule has 0 bridgehead atoms. The highest BCUT2D eigenvalue weighted by atomic mass is 32.2. The molecule has 1 aromatic carbocycles. The second-order valence-electron chi connectivity index (χ2n) is 9.35. The van der Waals surface area contributed by atoms with Gasteiger partial charge < -0.3 is 14.6 Å². The van der Waals surface area contributed by atoms with E-state index >= 15 is 0 Å². The number of imidazole rings is 1. The van der Waals surface area contributed by atoms with Crippen molar-refractivity contribution in [3.63, 3.8) is 0 Å². The first kappa shape index (κ1) is 24.8. The van der Waals surface area contributed by atoms with Crippen LogP contribution in [0.4, 0.5) is 10.3 Å². The Morgan fingerprint density at radius 3 is 2.50 bits per heavy atom. The number of nitrogens with zero attached hydrogens (tertiary/aromatic N) is 5. The summed E-state index contributed by atoms with van der Waals surface area (Å²) >= 11 is 0. The first-order valence-electron chi connectivity index (χ1n) is 12.3. The average Bonchev–Trinajstić information content (AvgIpc) is 3.27. The summed E-state index contributed by atoms with van der Waals surface area (Å²) < 4.78 is 49.6. The van der Waals surface area contributed by atoms with E-state index in [-0.39, 0.29) is 23.5 Å². The molecule has 0 amide bonds. The van der Waals surface area contributed by atoms with Crippen LogP contribution in [0.15, 0.2) is 42.7 Å². The van der Waals surface area contributed by atoms with Crippen molar-refractivity contribution in [2.75, 3.05) is 31.6 Å². The summed E-state index contributed by atoms with van der Waals surface area (Å²) in [6, 6.07) is 9.38. The number of aryl methyl sites for hydroxylation is 1. The number of halogens is 1. The molecule has 5 rings (SSSR count). The molecule has 2 aliphatic heterocycles. The van der Waals surface area contributed by atoms with Crippen LogP contribution in [0.1, 0.15) is 43.1 Å². The highest BCUT2D eigenvalue weighted by Gasteiger charge is 2.29. The van der Waals surface area contributed by atoms with Gasteiger partial charge in [0.1, 0.15) is 11.5 Å². The Morgan fingerprint density at radius 1 is 1.06 bits per heavy atom. The lowest BCUT2D eigenvalue weighted by atomic mass is 10.1. The van der Waals surface area contributed by atoms with Crippen LogP contribution in [0.2, 0.25) is 0 Å². The third kappa shape index (κ3) is 5.42. The molecule has 0 radical (unpaired) electrons. The minimum Gasteiger partial charge on any atom is -0.381 e. The Morgan fingerprint density at radius 2 is 1.78 bits per heavy atom. The van der Waals surface area contributed by atoms with Crippen LogP contribution in [-0.2, 0) is 20.5 Å². The molecule has 0 atom stereocenters. The minimum atomic E-state index is -3.39. The van der Waals surface area contributed by atoms with Crippen LogP contribution in [-0.4, -0.2) is 64.6 Å². The molecule has 0 aliphatic carbocycles. The van der Waals surface area contributed by atoms with E-state index in [0.29, 0.717) is 50.8 Å². The molecular weight excluding hydrogens is 483 g/mol. The number of hydrogen-bond acceptors (Lipinski definition) is 7. The quantitative estimate of drug-likeness (QED) is 0.514. The number of nitrogens with one attached hydrogen (secondary N) is 1. The molecule has 2 aliphatic rings. The molecule has 0 unspecified atom stereocenters. The van der Waals surface area contributed by atoms with E-state index in [0.717, 1.165) is 24.2 Å². The van der Waals surface area contributed by atoms with Crippen molar-refractivity contribution in [3.05, 3.63) is 59.9 Å². The van der Waals surface area contributed by atoms with Gasteiger partial charge >= 0.3 is 0 Å². The average molecular weight is 515 g/mol. The van der Waals surface area contributed by atoms with Crippen molar-refractivity contribution in [1.82, 2.24) is 23.8 Å². The summed E-state index contributed by atoms with van der Waals surface area (Å²) in [7, 11) is -3.39. The number of anilines is 1. The molecule has 0 saturated carbocycles. The highest BCUT2D eigenvalue weighted by Crippen LogP contribution is 2.31. The third-order valence-electron chi connectivity index (χ3n) is 6.90. The lowest BCUT2D eigenvalue weighted by Crippen LogP contribution is -2.43. The number of aromatic nitrogens is 4. The largest absolute Gasteiger partial charge is 0.381 e. The normalized spacial score (nSPS) is 18.4. The summed E-state index contributed by atoms with van der Waals surface area (Å²) in [6.07, 6.45) is 5.75. The van der Waals surface area contributed by atoms with Gasteiger partial charge in [0.25, 0.3) is 0 Å². The summed E-state index contributed by atoms with van der Waals surface area (Å²) in [5.41, 5.74) is 1.62. The fraction of sp³-hybridized carbons (Fsp3) is 0.480. The van der Waals surface area contributed by atoms with Crippen molar-refractivity contribution in [2.45, 2.75) is 50.4 Å². The van der Waals surface area contributed by atoms with Gasteiger partial charge in [0, 0.05) is 38.4 Å². The zero-order valence-corrected chi connectivity index (χ0v) is 21.1. The first-order valence-corrected chi connectivity index (χ1v) is 13.9. The maximum atomic E-state index is 14.9. The number of hydrogen-bond donors (Lipinski definition) is 1. The zero-order chi connectivity index (χ0) is 25.1. The standard InChI is InChI=1S/C25H31FN6O3S/c1-18-27-16-23(32(18)21-9-13-35-14-10-21)24-22(26)15-28-25(30-24)29-20-7-11-31(12-8-20)36(33,34)17-19-5-3-2-4-6-19/h2-6,15-16,20-21H,7-14,17H2,1H3,(H,28,29,30). The van der Waals surface area contributed by atoms with Crippen molar-refractivity contribution in [3.8, 4) is 11.4 Å². The molecule has 2 fully saturated rings. The highest BCUT2D eigenvalue weighted by molar-refractivity contribution is 7.88. The van der Waals surface area contributed by atoms with Gasteiger partial charge in [-0.15, -0.1) is 0 Å². The molecule has 192 valence electrons. The van der Waals surface area contributed by atoms with Crippen LogP contribution in [0, 0.1) is 12.7 Å². The van der Waals surface area contributed by atoms with Gasteiger partial charge in [-0.1, -0.05) is 30.3 Å². The predicted octanol–water partition coefficient (Wildman–Crippen LogP) is 3.55. The van der Waals surface area contributed by atoms with Crippen molar-refractivity contribution < 1.29 is 17.5 Å². The van der Waals surface area contributed by atoms with Crippen LogP contribution in [0.3, 0.4) is 0 Å². The number of piperidine rings is 1. The molecule has 9 nitrogen and oxygen atoms in total. The second-order valence-corrected chi connectivity index (χ2v) is 11.3. The van der Waals surface area contributed by atoms with E-state index in [1.807, 2.05) is 41.8 Å². The topological polar surface area (TPSA) is 102 Å². The molecule has 3 aromatic rings. The van der Waals surface area contributed by atoms with Gasteiger partial charge in [-0.2, -0.15) is 0 Å². The number of sulfonamides is 1. The van der Waals surface area contributed by atoms with E-state index in [9.17, 15) is 12.8 Å². The Hall–Kier alpha value is -2.89. The Bertz CT molecular complexity index is 1290. The molecular formula is C25H31FN6O3S. The van der Waals surface area contributed by atoms with Crippen molar-refractivity contribution in [1.29, 1.82) is 0 Å². The molecule has 36 heavy (non-hydrogen) atoms. The van der Waals surface area contributed by atoms with Gasteiger partial charge in [-0.3, -0.25) is 0 Å². The Labute approximate surface area is 210 Å². The predicted molar refractivity (Wildman–Crippen MR) is 134 cm³/mol. The maximum Gasteiger partial charge on any atom is 0.223 e. The van der Waals surface area contributed by atoms with Crippen LogP contribution < -0.4 is 5.32 Å². The Balaban J connectivity index is 1.26. The SMILES string of the molecule is Cc1ncc(-c2nc(NC3CCN(S(=O)(=O)Cc4ccccc4)CC3)ncc2F)n1C1CCOCC1. The zero-order valence-electron chi connectivity index (χ0n) is 20.3. The van der Waals surface area contributed by atoms with Crippen LogP contribution >= 0.6 is 0 Å². The van der Waals surface area contributed by atoms with Crippen LogP contribution in [0.25, 0.3) is 11.4 Å². The molecule has 2 aromatic heterocycles. The number of benzene rings is 1. The van der Waals surface area contributed by atoms with E-state index < -0.39 is 15.8 Å². The van der Waals surface area contributed by atoms with Crippen molar-refractivity contribution >= 4 is 16.0 Å². The van der Waals surface area contributed by atoms with E-state index in [4.69, 9.17) is 4.74 Å². The second kappa shape index (κ2) is 10.6. The summed E-state index contributed by atoms with van der Waals surface area (Å²) in [4.78, 5) is 13.1. The molecule has 1 N–H and O–H groups in total. The maximum absolute atomic E-state index is 14.9. The Kier molecular flexibility index (Phi) is 7.31. The minimum absolute atomic E-state index is 0.00339. The lowest BCUT2D eigenvalue weighted by Gasteiger charge is -2.31. The third-order valence-corrected chi connectivity index (χ3v) is 8.75. The number of rotatable bonds is 7. The van der Waals surface area contributed by atoms with E-state index in [2.05, 4.69) is 20.3 Å². The van der Waals surface area contributed by atoms with Gasteiger partial charge in [0.2, 0.25) is 16.0 Å². The smallest absolute Gasteiger partial charge is 0.223 e.